The molecule has 0 heterocycles. The highest BCUT2D eigenvalue weighted by Gasteiger charge is 2.18. The van der Waals surface area contributed by atoms with Crippen LogP contribution in [0.5, 0.6) is 0 Å². The standard InChI is InChI=1S/C14H13N3O4/c1-9-3-5-11(13(7-9)16(18)19)15-12-6-4-10(2)8-14(12)17(20)21/h3-8,15H,1-2H3. The molecule has 0 bridgehead atoms. The zero-order valence-corrected chi connectivity index (χ0v) is 11.5. The molecule has 0 atom stereocenters. The SMILES string of the molecule is Cc1ccc(Nc2ccc(C)cc2[N+](=O)[O-])c([N+](=O)[O-])c1. The van der Waals surface area contributed by atoms with Crippen LogP contribution >= 0.6 is 0 Å². The minimum Gasteiger partial charge on any atom is -0.344 e. The molecule has 0 aliphatic carbocycles. The Morgan fingerprint density at radius 1 is 0.810 bits per heavy atom. The van der Waals surface area contributed by atoms with E-state index in [0.29, 0.717) is 0 Å². The monoisotopic (exact) mass is 287 g/mol. The summed E-state index contributed by atoms with van der Waals surface area (Å²) in [6.45, 7) is 3.48. The summed E-state index contributed by atoms with van der Waals surface area (Å²) >= 11 is 0. The molecule has 0 aliphatic rings. The quantitative estimate of drug-likeness (QED) is 0.680. The Hall–Kier alpha value is -2.96. The molecule has 108 valence electrons. The minimum atomic E-state index is -0.518. The average molecular weight is 287 g/mol. The van der Waals surface area contributed by atoms with Crippen LogP contribution in [0.2, 0.25) is 0 Å². The van der Waals surface area contributed by atoms with E-state index >= 15 is 0 Å². The van der Waals surface area contributed by atoms with E-state index in [1.54, 1.807) is 26.0 Å². The van der Waals surface area contributed by atoms with E-state index < -0.39 is 9.85 Å². The van der Waals surface area contributed by atoms with Gasteiger partial charge in [0.05, 0.1) is 9.85 Å². The van der Waals surface area contributed by atoms with Crippen molar-refractivity contribution in [3.8, 4) is 0 Å². The van der Waals surface area contributed by atoms with Crippen molar-refractivity contribution in [1.82, 2.24) is 0 Å². The lowest BCUT2D eigenvalue weighted by atomic mass is 10.1. The van der Waals surface area contributed by atoms with E-state index in [-0.39, 0.29) is 22.7 Å². The van der Waals surface area contributed by atoms with Crippen molar-refractivity contribution in [3.63, 3.8) is 0 Å². The van der Waals surface area contributed by atoms with Gasteiger partial charge >= 0.3 is 0 Å². The number of nitrogens with one attached hydrogen (secondary N) is 1. The van der Waals surface area contributed by atoms with Crippen LogP contribution in [0.15, 0.2) is 36.4 Å². The van der Waals surface area contributed by atoms with Gasteiger partial charge < -0.3 is 5.32 Å². The molecule has 0 amide bonds. The third kappa shape index (κ3) is 3.14. The second kappa shape index (κ2) is 5.58. The maximum atomic E-state index is 11.1. The predicted octanol–water partition coefficient (Wildman–Crippen LogP) is 3.86. The highest BCUT2D eigenvalue weighted by atomic mass is 16.6. The summed E-state index contributed by atoms with van der Waals surface area (Å²) in [4.78, 5) is 21.1. The molecule has 21 heavy (non-hydrogen) atoms. The van der Waals surface area contributed by atoms with Gasteiger partial charge in [0.15, 0.2) is 0 Å². The number of nitro groups is 2. The Kier molecular flexibility index (Phi) is 3.84. The predicted molar refractivity (Wildman–Crippen MR) is 78.9 cm³/mol. The molecule has 0 saturated heterocycles. The Labute approximate surface area is 120 Å². The molecule has 7 heteroatoms. The molecule has 0 radical (unpaired) electrons. The van der Waals surface area contributed by atoms with E-state index in [9.17, 15) is 20.2 Å². The highest BCUT2D eigenvalue weighted by Crippen LogP contribution is 2.33. The fourth-order valence-corrected chi connectivity index (χ4v) is 1.94. The minimum absolute atomic E-state index is 0.120. The summed E-state index contributed by atoms with van der Waals surface area (Å²) in [7, 11) is 0. The number of nitrogens with zero attached hydrogens (tertiary/aromatic N) is 2. The Bertz CT molecular complexity index is 667. The Morgan fingerprint density at radius 3 is 1.52 bits per heavy atom. The smallest absolute Gasteiger partial charge is 0.292 e. The van der Waals surface area contributed by atoms with Crippen LogP contribution in [0, 0.1) is 34.1 Å². The molecule has 0 aromatic heterocycles. The molecule has 1 N–H and O–H groups in total. The van der Waals surface area contributed by atoms with Crippen molar-refractivity contribution in [2.24, 2.45) is 0 Å². The van der Waals surface area contributed by atoms with Gasteiger partial charge in [-0.15, -0.1) is 0 Å². The van der Waals surface area contributed by atoms with Crippen LogP contribution < -0.4 is 5.32 Å². The molecular formula is C14H13N3O4. The lowest BCUT2D eigenvalue weighted by Gasteiger charge is -2.09. The van der Waals surface area contributed by atoms with Crippen molar-refractivity contribution >= 4 is 22.7 Å². The maximum Gasteiger partial charge on any atom is 0.292 e. The third-order valence-electron chi connectivity index (χ3n) is 2.97. The van der Waals surface area contributed by atoms with Crippen LogP contribution in [0.25, 0.3) is 0 Å². The number of anilines is 2. The summed E-state index contributed by atoms with van der Waals surface area (Å²) in [5.74, 6) is 0. The highest BCUT2D eigenvalue weighted by molar-refractivity contribution is 5.75. The van der Waals surface area contributed by atoms with Gasteiger partial charge in [-0.05, 0) is 37.1 Å². The summed E-state index contributed by atoms with van der Waals surface area (Å²) < 4.78 is 0. The molecule has 0 aliphatic heterocycles. The average Bonchev–Trinajstić information content (AvgIpc) is 2.42. The van der Waals surface area contributed by atoms with Crippen LogP contribution in [0.1, 0.15) is 11.1 Å². The molecule has 0 saturated carbocycles. The first kappa shape index (κ1) is 14.4. The molecular weight excluding hydrogens is 274 g/mol. The number of hydrogen-bond acceptors (Lipinski definition) is 5. The first-order valence-corrected chi connectivity index (χ1v) is 6.15. The molecule has 2 rings (SSSR count). The van der Waals surface area contributed by atoms with E-state index in [1.165, 1.54) is 24.3 Å². The third-order valence-corrected chi connectivity index (χ3v) is 2.97. The summed E-state index contributed by atoms with van der Waals surface area (Å²) in [5.41, 5.74) is 1.68. The number of aryl methyl sites for hydroxylation is 2. The topological polar surface area (TPSA) is 98.3 Å². The van der Waals surface area contributed by atoms with Gasteiger partial charge in [-0.2, -0.15) is 0 Å². The fourth-order valence-electron chi connectivity index (χ4n) is 1.94. The van der Waals surface area contributed by atoms with Crippen LogP contribution in [0.4, 0.5) is 22.7 Å². The first-order chi connectivity index (χ1) is 9.88. The number of nitro benzene ring substituents is 2. The van der Waals surface area contributed by atoms with E-state index in [0.717, 1.165) is 11.1 Å². The van der Waals surface area contributed by atoms with E-state index in [4.69, 9.17) is 0 Å². The molecule has 0 unspecified atom stereocenters. The Balaban J connectivity index is 2.48. The first-order valence-electron chi connectivity index (χ1n) is 6.15. The number of rotatable bonds is 4. The molecule has 2 aromatic rings. The van der Waals surface area contributed by atoms with E-state index in [2.05, 4.69) is 5.32 Å². The molecule has 2 aromatic carbocycles. The van der Waals surface area contributed by atoms with Crippen molar-refractivity contribution in [2.45, 2.75) is 13.8 Å². The van der Waals surface area contributed by atoms with E-state index in [1.807, 2.05) is 0 Å². The second-order valence-corrected chi connectivity index (χ2v) is 4.68. The van der Waals surface area contributed by atoms with Crippen molar-refractivity contribution in [1.29, 1.82) is 0 Å². The van der Waals surface area contributed by atoms with Gasteiger partial charge in [-0.3, -0.25) is 20.2 Å². The Morgan fingerprint density at radius 2 is 1.19 bits per heavy atom. The van der Waals surface area contributed by atoms with Crippen molar-refractivity contribution in [2.75, 3.05) is 5.32 Å². The van der Waals surface area contributed by atoms with Crippen LogP contribution in [0.3, 0.4) is 0 Å². The zero-order valence-electron chi connectivity index (χ0n) is 11.5. The normalized spacial score (nSPS) is 10.2. The lowest BCUT2D eigenvalue weighted by molar-refractivity contribution is -0.384. The summed E-state index contributed by atoms with van der Waals surface area (Å²) in [5, 5.41) is 24.9. The molecule has 7 nitrogen and oxygen atoms in total. The van der Waals surface area contributed by atoms with Gasteiger partial charge in [-0.25, -0.2) is 0 Å². The van der Waals surface area contributed by atoms with Crippen LogP contribution in [-0.2, 0) is 0 Å². The lowest BCUT2D eigenvalue weighted by Crippen LogP contribution is -2.00. The second-order valence-electron chi connectivity index (χ2n) is 4.68. The van der Waals surface area contributed by atoms with Crippen molar-refractivity contribution in [3.05, 3.63) is 67.8 Å². The van der Waals surface area contributed by atoms with Gasteiger partial charge in [-0.1, -0.05) is 12.1 Å². The molecule has 0 spiro atoms. The summed E-state index contributed by atoms with van der Waals surface area (Å²) in [6.07, 6.45) is 0. The summed E-state index contributed by atoms with van der Waals surface area (Å²) in [6, 6.07) is 9.32. The largest absolute Gasteiger partial charge is 0.344 e. The zero-order chi connectivity index (χ0) is 15.6. The number of benzene rings is 2. The van der Waals surface area contributed by atoms with Crippen LogP contribution in [-0.4, -0.2) is 9.85 Å². The van der Waals surface area contributed by atoms with Crippen molar-refractivity contribution < 1.29 is 9.85 Å². The van der Waals surface area contributed by atoms with Gasteiger partial charge in [0.2, 0.25) is 0 Å². The van der Waals surface area contributed by atoms with Gasteiger partial charge in [0, 0.05) is 12.1 Å². The van der Waals surface area contributed by atoms with Gasteiger partial charge in [0.25, 0.3) is 11.4 Å². The number of hydrogen-bond donors (Lipinski definition) is 1. The van der Waals surface area contributed by atoms with Gasteiger partial charge in [0.1, 0.15) is 11.4 Å². The molecule has 0 fully saturated rings. The maximum absolute atomic E-state index is 11.1. The fraction of sp³-hybridized carbons (Fsp3) is 0.143.